The molecule has 100 valence electrons. The molecule has 0 spiro atoms. The lowest BCUT2D eigenvalue weighted by molar-refractivity contribution is 0.0776. The van der Waals surface area contributed by atoms with Crippen molar-refractivity contribution < 1.29 is 4.79 Å². The number of hydrogen-bond donors (Lipinski definition) is 0. The molecule has 0 bridgehead atoms. The Labute approximate surface area is 117 Å². The Morgan fingerprint density at radius 1 is 1.50 bits per heavy atom. The highest BCUT2D eigenvalue weighted by Crippen LogP contribution is 2.23. The monoisotopic (exact) mass is 312 g/mol. The second-order valence-electron chi connectivity index (χ2n) is 5.05. The zero-order chi connectivity index (χ0) is 13.1. The summed E-state index contributed by atoms with van der Waals surface area (Å²) in [5.41, 5.74) is 0.820. The molecule has 1 aliphatic heterocycles. The first-order chi connectivity index (χ1) is 8.65. The Balaban J connectivity index is 2.13. The van der Waals surface area contributed by atoms with Gasteiger partial charge in [-0.05, 0) is 40.8 Å². The van der Waals surface area contributed by atoms with Gasteiger partial charge < -0.3 is 9.47 Å². The van der Waals surface area contributed by atoms with Crippen molar-refractivity contribution in [3.05, 3.63) is 22.4 Å². The van der Waals surface area contributed by atoms with E-state index in [-0.39, 0.29) is 5.91 Å². The number of hydrogen-bond acceptors (Lipinski definition) is 1. The summed E-state index contributed by atoms with van der Waals surface area (Å²) in [6, 6.07) is 1.94. The Morgan fingerprint density at radius 3 is 2.89 bits per heavy atom. The van der Waals surface area contributed by atoms with Gasteiger partial charge in [0.2, 0.25) is 0 Å². The van der Waals surface area contributed by atoms with Crippen LogP contribution in [0.3, 0.4) is 0 Å². The van der Waals surface area contributed by atoms with E-state index in [4.69, 9.17) is 0 Å². The van der Waals surface area contributed by atoms with Crippen LogP contribution in [-0.4, -0.2) is 28.5 Å². The molecule has 0 saturated carbocycles. The van der Waals surface area contributed by atoms with Gasteiger partial charge in [-0.3, -0.25) is 4.79 Å². The number of carbonyl (C=O) groups excluding carboxylic acids is 1. The van der Waals surface area contributed by atoms with Gasteiger partial charge in [0.1, 0.15) is 5.69 Å². The lowest BCUT2D eigenvalue weighted by atomic mass is 10.1. The predicted octanol–water partition coefficient (Wildman–Crippen LogP) is 3.53. The number of halogens is 1. The first-order valence-corrected chi connectivity index (χ1v) is 7.60. The minimum atomic E-state index is 0.185. The average Bonchev–Trinajstić information content (AvgIpc) is 2.95. The highest BCUT2D eigenvalue weighted by atomic mass is 79.9. The van der Waals surface area contributed by atoms with Gasteiger partial charge in [0.05, 0.1) is 0 Å². The molecule has 1 saturated heterocycles. The molecule has 3 nitrogen and oxygen atoms in total. The van der Waals surface area contributed by atoms with E-state index in [9.17, 15) is 4.79 Å². The third kappa shape index (κ3) is 2.79. The summed E-state index contributed by atoms with van der Waals surface area (Å²) in [7, 11) is 0. The number of rotatable bonds is 4. The first-order valence-electron chi connectivity index (χ1n) is 6.80. The summed E-state index contributed by atoms with van der Waals surface area (Å²) in [4.78, 5) is 14.5. The minimum absolute atomic E-state index is 0.185. The molecule has 4 heteroatoms. The van der Waals surface area contributed by atoms with Gasteiger partial charge in [-0.2, -0.15) is 0 Å². The summed E-state index contributed by atoms with van der Waals surface area (Å²) in [5, 5.41) is 0. The van der Waals surface area contributed by atoms with Gasteiger partial charge in [-0.25, -0.2) is 0 Å². The Hall–Kier alpha value is -0.770. The number of aromatic nitrogens is 1. The fourth-order valence-electron chi connectivity index (χ4n) is 2.59. The van der Waals surface area contributed by atoms with Crippen LogP contribution in [0.4, 0.5) is 0 Å². The number of nitrogens with zero attached hydrogens (tertiary/aromatic N) is 2. The van der Waals surface area contributed by atoms with Gasteiger partial charge in [0.25, 0.3) is 5.91 Å². The molecule has 0 radical (unpaired) electrons. The van der Waals surface area contributed by atoms with E-state index >= 15 is 0 Å². The van der Waals surface area contributed by atoms with Crippen LogP contribution in [-0.2, 0) is 6.54 Å². The third-order valence-electron chi connectivity index (χ3n) is 3.70. The first kappa shape index (κ1) is 13.7. The molecule has 1 amide bonds. The van der Waals surface area contributed by atoms with Crippen LogP contribution in [0.15, 0.2) is 16.7 Å². The van der Waals surface area contributed by atoms with Crippen LogP contribution in [0.1, 0.15) is 43.6 Å². The number of likely N-dealkylation sites (tertiary alicyclic amines) is 1. The predicted molar refractivity (Wildman–Crippen MR) is 76.7 cm³/mol. The largest absolute Gasteiger partial charge is 0.342 e. The summed E-state index contributed by atoms with van der Waals surface area (Å²) in [6.45, 7) is 7.06. The van der Waals surface area contributed by atoms with Crippen molar-refractivity contribution in [3.8, 4) is 0 Å². The molecule has 1 aromatic rings. The second kappa shape index (κ2) is 5.91. The van der Waals surface area contributed by atoms with E-state index in [1.165, 1.54) is 6.42 Å². The van der Waals surface area contributed by atoms with Gasteiger partial charge in [-0.1, -0.05) is 20.3 Å². The van der Waals surface area contributed by atoms with Crippen LogP contribution in [0.25, 0.3) is 0 Å². The van der Waals surface area contributed by atoms with Crippen molar-refractivity contribution in [1.82, 2.24) is 9.47 Å². The maximum atomic E-state index is 12.5. The van der Waals surface area contributed by atoms with Gasteiger partial charge >= 0.3 is 0 Å². The van der Waals surface area contributed by atoms with Gasteiger partial charge in [-0.15, -0.1) is 0 Å². The zero-order valence-electron chi connectivity index (χ0n) is 11.2. The van der Waals surface area contributed by atoms with E-state index in [2.05, 4.69) is 34.3 Å². The minimum Gasteiger partial charge on any atom is -0.342 e. The van der Waals surface area contributed by atoms with Crippen molar-refractivity contribution in [3.63, 3.8) is 0 Å². The standard InChI is InChI=1S/C14H21BrN2O/c1-3-6-16-10-12(15)8-13(16)14(18)17-7-5-11(4-2)9-17/h8,10-11H,3-7,9H2,1-2H3. The fraction of sp³-hybridized carbons (Fsp3) is 0.643. The molecule has 0 aliphatic carbocycles. The molecule has 1 fully saturated rings. The van der Waals surface area contributed by atoms with E-state index in [0.29, 0.717) is 5.92 Å². The molecule has 0 aromatic carbocycles. The Kier molecular flexibility index (Phi) is 4.49. The normalized spacial score (nSPS) is 19.5. The van der Waals surface area contributed by atoms with Crippen LogP contribution >= 0.6 is 15.9 Å². The fourth-order valence-corrected chi connectivity index (χ4v) is 3.06. The number of aryl methyl sites for hydroxylation is 1. The van der Waals surface area contributed by atoms with Crippen LogP contribution in [0.5, 0.6) is 0 Å². The van der Waals surface area contributed by atoms with E-state index in [1.807, 2.05) is 17.2 Å². The summed E-state index contributed by atoms with van der Waals surface area (Å²) >= 11 is 3.46. The van der Waals surface area contributed by atoms with Gasteiger partial charge in [0, 0.05) is 30.3 Å². The molecule has 1 aliphatic rings. The summed E-state index contributed by atoms with van der Waals surface area (Å²) < 4.78 is 3.05. The SMILES string of the molecule is CCCn1cc(Br)cc1C(=O)N1CCC(CC)C1. The maximum absolute atomic E-state index is 12.5. The molecule has 1 aromatic heterocycles. The summed E-state index contributed by atoms with van der Waals surface area (Å²) in [6.07, 6.45) is 5.37. The Morgan fingerprint density at radius 2 is 2.28 bits per heavy atom. The third-order valence-corrected chi connectivity index (χ3v) is 4.13. The van der Waals surface area contributed by atoms with Crippen LogP contribution < -0.4 is 0 Å². The number of amides is 1. The average molecular weight is 313 g/mol. The Bertz CT molecular complexity index is 427. The second-order valence-corrected chi connectivity index (χ2v) is 5.97. The van der Waals surface area contributed by atoms with E-state index in [0.717, 1.165) is 42.6 Å². The lowest BCUT2D eigenvalue weighted by Crippen LogP contribution is -2.30. The van der Waals surface area contributed by atoms with Crippen molar-refractivity contribution in [2.24, 2.45) is 5.92 Å². The molecule has 18 heavy (non-hydrogen) atoms. The topological polar surface area (TPSA) is 25.2 Å². The van der Waals surface area contributed by atoms with E-state index in [1.54, 1.807) is 0 Å². The molecule has 2 rings (SSSR count). The molecule has 2 heterocycles. The highest BCUT2D eigenvalue weighted by molar-refractivity contribution is 9.10. The molecule has 1 atom stereocenters. The molecular formula is C14H21BrN2O. The number of carbonyl (C=O) groups is 1. The molecular weight excluding hydrogens is 292 g/mol. The van der Waals surface area contributed by atoms with Crippen molar-refractivity contribution in [2.75, 3.05) is 13.1 Å². The van der Waals surface area contributed by atoms with Crippen molar-refractivity contribution >= 4 is 21.8 Å². The van der Waals surface area contributed by atoms with Crippen molar-refractivity contribution in [2.45, 2.75) is 39.7 Å². The quantitative estimate of drug-likeness (QED) is 0.835. The zero-order valence-corrected chi connectivity index (χ0v) is 12.7. The van der Waals surface area contributed by atoms with Crippen LogP contribution in [0, 0.1) is 5.92 Å². The maximum Gasteiger partial charge on any atom is 0.270 e. The molecule has 0 N–H and O–H groups in total. The lowest BCUT2D eigenvalue weighted by Gasteiger charge is -2.17. The van der Waals surface area contributed by atoms with E-state index < -0.39 is 0 Å². The molecule has 1 unspecified atom stereocenters. The smallest absolute Gasteiger partial charge is 0.270 e. The van der Waals surface area contributed by atoms with Crippen molar-refractivity contribution in [1.29, 1.82) is 0 Å². The summed E-state index contributed by atoms with van der Waals surface area (Å²) in [5.74, 6) is 0.872. The highest BCUT2D eigenvalue weighted by Gasteiger charge is 2.27. The van der Waals surface area contributed by atoms with Crippen LogP contribution in [0.2, 0.25) is 0 Å². The van der Waals surface area contributed by atoms with Gasteiger partial charge in [0.15, 0.2) is 0 Å².